The van der Waals surface area contributed by atoms with Gasteiger partial charge in [0.25, 0.3) is 0 Å². The van der Waals surface area contributed by atoms with E-state index in [1.165, 1.54) is 0 Å². The zero-order valence-electron chi connectivity index (χ0n) is 5.03. The van der Waals surface area contributed by atoms with Crippen LogP contribution < -0.4 is 0 Å². The summed E-state index contributed by atoms with van der Waals surface area (Å²) in [5, 5.41) is 0. The lowest BCUT2D eigenvalue weighted by Gasteiger charge is -1.99. The van der Waals surface area contributed by atoms with Crippen molar-refractivity contribution in [2.45, 2.75) is 0 Å². The third kappa shape index (κ3) is 0.724. The summed E-state index contributed by atoms with van der Waals surface area (Å²) >= 11 is 3.31. The molecular weight excluding hydrogens is 194 g/mol. The molecule has 0 aromatic rings. The van der Waals surface area contributed by atoms with Crippen LogP contribution in [0.1, 0.15) is 0 Å². The summed E-state index contributed by atoms with van der Waals surface area (Å²) in [5.74, 6) is 0.763. The van der Waals surface area contributed by atoms with Gasteiger partial charge in [-0.15, -0.1) is 0 Å². The molecule has 50 valence electrons. The van der Waals surface area contributed by atoms with Crippen LogP contribution in [0.3, 0.4) is 0 Å². The number of hydrogen-bond donors (Lipinski definition) is 0. The predicted molar refractivity (Wildman–Crippen MR) is 41.0 cm³/mol. The molecule has 0 aromatic heterocycles. The largest absolute Gasteiger partial charge is 0.279 e. The van der Waals surface area contributed by atoms with Crippen LogP contribution in [0.15, 0.2) is 24.7 Å². The van der Waals surface area contributed by atoms with Crippen molar-refractivity contribution in [2.75, 3.05) is 0 Å². The first-order valence-electron chi connectivity index (χ1n) is 2.82. The SMILES string of the molecule is Brn1ccnc2nccc1-2. The fourth-order valence-corrected chi connectivity index (χ4v) is 1.21. The molecule has 0 bridgehead atoms. The van der Waals surface area contributed by atoms with Gasteiger partial charge in [0.15, 0.2) is 5.82 Å². The molecule has 0 fully saturated rings. The Hall–Kier alpha value is -0.900. The monoisotopic (exact) mass is 197 g/mol. The van der Waals surface area contributed by atoms with Gasteiger partial charge in [-0.25, -0.2) is 9.97 Å². The molecule has 0 N–H and O–H groups in total. The van der Waals surface area contributed by atoms with Crippen LogP contribution in [0.4, 0.5) is 0 Å². The van der Waals surface area contributed by atoms with Gasteiger partial charge in [-0.2, -0.15) is 0 Å². The molecule has 2 aliphatic rings. The van der Waals surface area contributed by atoms with E-state index in [9.17, 15) is 0 Å². The van der Waals surface area contributed by atoms with Crippen molar-refractivity contribution in [2.24, 2.45) is 0 Å². The standard InChI is InChI=1S/C6H4BrN3/c7-10-4-3-9-6-5(10)1-2-8-6/h1-4H. The molecule has 2 heterocycles. The van der Waals surface area contributed by atoms with Crippen LogP contribution in [0.25, 0.3) is 11.5 Å². The molecule has 0 saturated carbocycles. The van der Waals surface area contributed by atoms with Gasteiger partial charge < -0.3 is 0 Å². The maximum Gasteiger partial charge on any atom is 0.177 e. The van der Waals surface area contributed by atoms with Crippen molar-refractivity contribution in [1.29, 1.82) is 0 Å². The minimum atomic E-state index is 0.763. The molecule has 2 aliphatic heterocycles. The van der Waals surface area contributed by atoms with E-state index in [1.807, 2.05) is 15.9 Å². The third-order valence-electron chi connectivity index (χ3n) is 1.28. The Kier molecular flexibility index (Phi) is 1.20. The van der Waals surface area contributed by atoms with Crippen molar-refractivity contribution in [3.63, 3.8) is 0 Å². The molecule has 4 heteroatoms. The van der Waals surface area contributed by atoms with Crippen molar-refractivity contribution in [3.05, 3.63) is 24.7 Å². The van der Waals surface area contributed by atoms with Gasteiger partial charge in [-0.3, -0.25) is 3.59 Å². The van der Waals surface area contributed by atoms with E-state index in [4.69, 9.17) is 0 Å². The second-order valence-electron chi connectivity index (χ2n) is 1.89. The van der Waals surface area contributed by atoms with Crippen molar-refractivity contribution in [1.82, 2.24) is 13.6 Å². The van der Waals surface area contributed by atoms with E-state index < -0.39 is 0 Å². The first kappa shape index (κ1) is 5.85. The Balaban J connectivity index is 2.80. The van der Waals surface area contributed by atoms with Crippen molar-refractivity contribution in [3.8, 4) is 11.5 Å². The highest BCUT2D eigenvalue weighted by Gasteiger charge is 2.05. The Morgan fingerprint density at radius 2 is 2.10 bits per heavy atom. The molecule has 2 rings (SSSR count). The van der Waals surface area contributed by atoms with E-state index in [0.29, 0.717) is 0 Å². The lowest BCUT2D eigenvalue weighted by Crippen LogP contribution is -1.90. The Bertz CT molecular complexity index is 317. The maximum absolute atomic E-state index is 4.04. The second kappa shape index (κ2) is 2.05. The summed E-state index contributed by atoms with van der Waals surface area (Å²) in [6.07, 6.45) is 5.25. The van der Waals surface area contributed by atoms with E-state index in [1.54, 1.807) is 12.4 Å². The topological polar surface area (TPSA) is 30.7 Å². The van der Waals surface area contributed by atoms with Gasteiger partial charge >= 0.3 is 0 Å². The second-order valence-corrected chi connectivity index (χ2v) is 2.66. The van der Waals surface area contributed by atoms with Gasteiger partial charge in [0.2, 0.25) is 0 Å². The Labute approximate surface area is 66.4 Å². The number of rotatable bonds is 0. The Morgan fingerprint density at radius 3 is 2.90 bits per heavy atom. The van der Waals surface area contributed by atoms with Crippen LogP contribution >= 0.6 is 16.1 Å². The normalized spacial score (nSPS) is 10.5. The fraction of sp³-hybridized carbons (Fsp3) is 0. The molecule has 0 aliphatic carbocycles. The summed E-state index contributed by atoms with van der Waals surface area (Å²) < 4.78 is 1.81. The fourth-order valence-electron chi connectivity index (χ4n) is 0.828. The van der Waals surface area contributed by atoms with Crippen LogP contribution in [0, 0.1) is 0 Å². The lowest BCUT2D eigenvalue weighted by atomic mass is 10.4. The molecule has 0 saturated heterocycles. The quantitative estimate of drug-likeness (QED) is 0.642. The highest BCUT2D eigenvalue weighted by Crippen LogP contribution is 2.17. The third-order valence-corrected chi connectivity index (χ3v) is 1.90. The zero-order chi connectivity index (χ0) is 6.97. The molecule has 3 nitrogen and oxygen atoms in total. The van der Waals surface area contributed by atoms with Gasteiger partial charge in [0.05, 0.1) is 21.8 Å². The molecule has 10 heavy (non-hydrogen) atoms. The van der Waals surface area contributed by atoms with E-state index in [2.05, 4.69) is 26.1 Å². The molecule has 0 spiro atoms. The Morgan fingerprint density at radius 1 is 1.30 bits per heavy atom. The molecule has 0 unspecified atom stereocenters. The van der Waals surface area contributed by atoms with Crippen LogP contribution in [0.5, 0.6) is 0 Å². The molecule has 0 aromatic carbocycles. The summed E-state index contributed by atoms with van der Waals surface area (Å²) in [4.78, 5) is 8.06. The van der Waals surface area contributed by atoms with Crippen LogP contribution in [-0.4, -0.2) is 13.6 Å². The highest BCUT2D eigenvalue weighted by molar-refractivity contribution is 9.08. The average molecular weight is 198 g/mol. The smallest absolute Gasteiger partial charge is 0.177 e. The van der Waals surface area contributed by atoms with Gasteiger partial charge in [0, 0.05) is 18.6 Å². The number of hydrogen-bond acceptors (Lipinski definition) is 2. The number of aromatic nitrogens is 3. The number of halogens is 1. The number of fused-ring (bicyclic) bond motifs is 1. The van der Waals surface area contributed by atoms with E-state index in [-0.39, 0.29) is 0 Å². The van der Waals surface area contributed by atoms with Gasteiger partial charge in [-0.05, 0) is 6.07 Å². The predicted octanol–water partition coefficient (Wildman–Crippen LogP) is 1.54. The first-order chi connectivity index (χ1) is 4.88. The minimum absolute atomic E-state index is 0.763. The van der Waals surface area contributed by atoms with Crippen LogP contribution in [0.2, 0.25) is 0 Å². The highest BCUT2D eigenvalue weighted by atomic mass is 79.9. The van der Waals surface area contributed by atoms with Crippen LogP contribution in [-0.2, 0) is 0 Å². The number of nitrogens with zero attached hydrogens (tertiary/aromatic N) is 3. The average Bonchev–Trinajstić information content (AvgIpc) is 2.36. The summed E-state index contributed by atoms with van der Waals surface area (Å²) in [6, 6.07) is 1.90. The summed E-state index contributed by atoms with van der Waals surface area (Å²) in [6.45, 7) is 0. The molecule has 0 atom stereocenters. The van der Waals surface area contributed by atoms with E-state index in [0.717, 1.165) is 11.5 Å². The minimum Gasteiger partial charge on any atom is -0.279 e. The summed E-state index contributed by atoms with van der Waals surface area (Å²) in [5.41, 5.74) is 0.988. The maximum atomic E-state index is 4.04. The van der Waals surface area contributed by atoms with E-state index >= 15 is 0 Å². The molecule has 0 radical (unpaired) electrons. The zero-order valence-corrected chi connectivity index (χ0v) is 6.62. The summed E-state index contributed by atoms with van der Waals surface area (Å²) in [7, 11) is 0. The first-order valence-corrected chi connectivity index (χ1v) is 3.53. The van der Waals surface area contributed by atoms with Crippen molar-refractivity contribution < 1.29 is 0 Å². The van der Waals surface area contributed by atoms with Gasteiger partial charge in [0.1, 0.15) is 0 Å². The molecule has 0 amide bonds. The van der Waals surface area contributed by atoms with Crippen molar-refractivity contribution >= 4 is 16.1 Å². The lowest BCUT2D eigenvalue weighted by molar-refractivity contribution is 1.13. The van der Waals surface area contributed by atoms with Gasteiger partial charge in [-0.1, -0.05) is 0 Å². The molecular formula is C6H4BrN3.